The van der Waals surface area contributed by atoms with Crippen molar-refractivity contribution in [1.82, 2.24) is 10.2 Å². The van der Waals surface area contributed by atoms with Crippen LogP contribution < -0.4 is 4.90 Å². The molecule has 1 aromatic heterocycles. The Morgan fingerprint density at radius 1 is 1.26 bits per heavy atom. The summed E-state index contributed by atoms with van der Waals surface area (Å²) in [6, 6.07) is 8.42. The Balaban J connectivity index is 2.37. The van der Waals surface area contributed by atoms with Crippen molar-refractivity contribution >= 4 is 40.0 Å². The van der Waals surface area contributed by atoms with Gasteiger partial charge in [0.15, 0.2) is 11.0 Å². The Morgan fingerprint density at radius 2 is 1.95 bits per heavy atom. The van der Waals surface area contributed by atoms with Crippen molar-refractivity contribution in [2.75, 3.05) is 24.0 Å². The summed E-state index contributed by atoms with van der Waals surface area (Å²) in [5.74, 6) is 2.04. The lowest BCUT2D eigenvalue weighted by atomic mass is 10.1. The minimum atomic E-state index is 0.423. The monoisotopic (exact) mass is 295 g/mol. The number of fused-ring (bicyclic) bond motifs is 1. The van der Waals surface area contributed by atoms with E-state index in [2.05, 4.69) is 35.3 Å². The summed E-state index contributed by atoms with van der Waals surface area (Å²) in [5.41, 5.74) is 0. The normalized spacial score (nSPS) is 12.6. The topological polar surface area (TPSA) is 29.0 Å². The van der Waals surface area contributed by atoms with Crippen LogP contribution in [0.3, 0.4) is 0 Å². The molecule has 0 N–H and O–H groups in total. The van der Waals surface area contributed by atoms with Gasteiger partial charge in [-0.25, -0.2) is 0 Å². The molecule has 0 amide bonds. The number of thioether (sulfide) groups is 1. The molecule has 19 heavy (non-hydrogen) atoms. The zero-order valence-electron chi connectivity index (χ0n) is 11.4. The van der Waals surface area contributed by atoms with E-state index < -0.39 is 0 Å². The molecule has 1 aromatic carbocycles. The van der Waals surface area contributed by atoms with Crippen LogP contribution in [0.1, 0.15) is 13.3 Å². The van der Waals surface area contributed by atoms with Gasteiger partial charge in [-0.15, -0.1) is 10.2 Å². The maximum absolute atomic E-state index is 6.10. The first kappa shape index (κ1) is 14.4. The van der Waals surface area contributed by atoms with Gasteiger partial charge in [0.05, 0.1) is 0 Å². The molecular formula is C14H18ClN3S. The van der Waals surface area contributed by atoms with Gasteiger partial charge >= 0.3 is 0 Å². The Labute approximate surface area is 123 Å². The maximum atomic E-state index is 6.10. The number of hydrogen-bond acceptors (Lipinski definition) is 4. The largest absolute Gasteiger partial charge is 0.355 e. The summed E-state index contributed by atoms with van der Waals surface area (Å²) in [4.78, 5) is 2.18. The van der Waals surface area contributed by atoms with E-state index in [1.807, 2.05) is 36.0 Å². The average molecular weight is 296 g/mol. The zero-order valence-corrected chi connectivity index (χ0v) is 13.0. The predicted molar refractivity (Wildman–Crippen MR) is 85.4 cm³/mol. The molecule has 0 fully saturated rings. The molecule has 0 aliphatic carbocycles. The van der Waals surface area contributed by atoms with Crippen LogP contribution in [0.25, 0.3) is 10.8 Å². The minimum Gasteiger partial charge on any atom is -0.355 e. The predicted octanol–water partition coefficient (Wildman–Crippen LogP) is 3.86. The summed E-state index contributed by atoms with van der Waals surface area (Å²) in [6.45, 7) is 2.21. The highest BCUT2D eigenvalue weighted by atomic mass is 35.5. The number of hydrogen-bond donors (Lipinski definition) is 0. The van der Waals surface area contributed by atoms with Crippen molar-refractivity contribution in [2.24, 2.45) is 0 Å². The molecule has 1 unspecified atom stereocenters. The first-order valence-electron chi connectivity index (χ1n) is 6.28. The fourth-order valence-corrected chi connectivity index (χ4v) is 2.79. The van der Waals surface area contributed by atoms with E-state index in [0.29, 0.717) is 11.2 Å². The van der Waals surface area contributed by atoms with Crippen LogP contribution in [0.2, 0.25) is 5.15 Å². The van der Waals surface area contributed by atoms with Gasteiger partial charge < -0.3 is 4.90 Å². The molecule has 0 spiro atoms. The van der Waals surface area contributed by atoms with Crippen LogP contribution >= 0.6 is 23.4 Å². The Kier molecular flexibility index (Phi) is 4.88. The second-order valence-corrected chi connectivity index (χ2v) is 5.95. The van der Waals surface area contributed by atoms with E-state index in [4.69, 9.17) is 11.6 Å². The second-order valence-electron chi connectivity index (χ2n) is 4.60. The number of nitrogens with zero attached hydrogens (tertiary/aromatic N) is 3. The number of anilines is 1. The van der Waals surface area contributed by atoms with E-state index in [0.717, 1.165) is 28.8 Å². The fraction of sp³-hybridized carbons (Fsp3) is 0.429. The van der Waals surface area contributed by atoms with Crippen molar-refractivity contribution in [2.45, 2.75) is 19.4 Å². The van der Waals surface area contributed by atoms with Crippen molar-refractivity contribution in [1.29, 1.82) is 0 Å². The maximum Gasteiger partial charge on any atom is 0.159 e. The molecular weight excluding hydrogens is 278 g/mol. The first-order chi connectivity index (χ1) is 9.15. The molecule has 0 saturated carbocycles. The van der Waals surface area contributed by atoms with Crippen LogP contribution in [0, 0.1) is 0 Å². The highest BCUT2D eigenvalue weighted by Gasteiger charge is 2.15. The number of aromatic nitrogens is 2. The number of benzene rings is 1. The second kappa shape index (κ2) is 6.44. The molecule has 1 heterocycles. The molecule has 0 radical (unpaired) electrons. The lowest BCUT2D eigenvalue weighted by Crippen LogP contribution is -2.30. The first-order valence-corrected chi connectivity index (χ1v) is 8.05. The summed E-state index contributed by atoms with van der Waals surface area (Å²) in [5, 5.41) is 10.8. The molecule has 2 rings (SSSR count). The van der Waals surface area contributed by atoms with Gasteiger partial charge in [0, 0.05) is 23.9 Å². The fourth-order valence-electron chi connectivity index (χ4n) is 2.01. The van der Waals surface area contributed by atoms with Gasteiger partial charge in [-0.1, -0.05) is 35.9 Å². The molecule has 1 atom stereocenters. The third-order valence-corrected chi connectivity index (χ3v) is 4.28. The molecule has 0 aliphatic heterocycles. The summed E-state index contributed by atoms with van der Waals surface area (Å²) < 4.78 is 0. The highest BCUT2D eigenvalue weighted by Crippen LogP contribution is 2.28. The molecule has 102 valence electrons. The van der Waals surface area contributed by atoms with Crippen LogP contribution in [0.5, 0.6) is 0 Å². The Bertz CT molecular complexity index is 561. The van der Waals surface area contributed by atoms with Crippen molar-refractivity contribution in [3.8, 4) is 0 Å². The lowest BCUT2D eigenvalue weighted by molar-refractivity contribution is 0.660. The molecule has 5 heteroatoms. The zero-order chi connectivity index (χ0) is 13.8. The van der Waals surface area contributed by atoms with Gasteiger partial charge in [0.25, 0.3) is 0 Å². The number of halogens is 1. The minimum absolute atomic E-state index is 0.423. The molecule has 0 bridgehead atoms. The molecule has 0 saturated heterocycles. The van der Waals surface area contributed by atoms with Crippen LogP contribution in [-0.4, -0.2) is 35.3 Å². The van der Waals surface area contributed by atoms with Gasteiger partial charge in [0.2, 0.25) is 0 Å². The summed E-state index contributed by atoms with van der Waals surface area (Å²) in [6.07, 6.45) is 3.25. The summed E-state index contributed by atoms with van der Waals surface area (Å²) >= 11 is 7.97. The van der Waals surface area contributed by atoms with E-state index in [1.54, 1.807) is 0 Å². The van der Waals surface area contributed by atoms with Gasteiger partial charge in [0.1, 0.15) is 0 Å². The van der Waals surface area contributed by atoms with Crippen LogP contribution in [0.15, 0.2) is 24.3 Å². The lowest BCUT2D eigenvalue weighted by Gasteiger charge is -2.26. The quantitative estimate of drug-likeness (QED) is 0.837. The SMILES string of the molecule is CSCCC(C)N(C)c1nnc(Cl)c2ccccc12. The standard InChI is InChI=1S/C14H18ClN3S/c1-10(8-9-19-3)18(2)14-12-7-5-4-6-11(12)13(15)16-17-14/h4-7,10H,8-9H2,1-3H3. The van der Waals surface area contributed by atoms with Crippen molar-refractivity contribution < 1.29 is 0 Å². The van der Waals surface area contributed by atoms with Crippen molar-refractivity contribution in [3.63, 3.8) is 0 Å². The van der Waals surface area contributed by atoms with E-state index in [1.165, 1.54) is 0 Å². The van der Waals surface area contributed by atoms with E-state index in [-0.39, 0.29) is 0 Å². The third-order valence-electron chi connectivity index (χ3n) is 3.36. The molecule has 0 aliphatic rings. The van der Waals surface area contributed by atoms with Crippen molar-refractivity contribution in [3.05, 3.63) is 29.4 Å². The summed E-state index contributed by atoms with van der Waals surface area (Å²) in [7, 11) is 2.06. The number of rotatable bonds is 5. The van der Waals surface area contributed by atoms with Crippen LogP contribution in [0.4, 0.5) is 5.82 Å². The average Bonchev–Trinajstić information content (AvgIpc) is 2.45. The Morgan fingerprint density at radius 3 is 2.63 bits per heavy atom. The van der Waals surface area contributed by atoms with Gasteiger partial charge in [-0.05, 0) is 25.4 Å². The third kappa shape index (κ3) is 3.12. The Hall–Kier alpha value is -1.00. The van der Waals surface area contributed by atoms with Gasteiger partial charge in [-0.3, -0.25) is 0 Å². The smallest absolute Gasteiger partial charge is 0.159 e. The van der Waals surface area contributed by atoms with Crippen LogP contribution in [-0.2, 0) is 0 Å². The van der Waals surface area contributed by atoms with E-state index >= 15 is 0 Å². The highest BCUT2D eigenvalue weighted by molar-refractivity contribution is 7.98. The van der Waals surface area contributed by atoms with Gasteiger partial charge in [-0.2, -0.15) is 11.8 Å². The van der Waals surface area contributed by atoms with E-state index in [9.17, 15) is 0 Å². The molecule has 2 aromatic rings. The molecule has 3 nitrogen and oxygen atoms in total.